The van der Waals surface area contributed by atoms with Crippen LogP contribution in [0.3, 0.4) is 0 Å². The summed E-state index contributed by atoms with van der Waals surface area (Å²) < 4.78 is 27.1. The van der Waals surface area contributed by atoms with E-state index in [2.05, 4.69) is 33.4 Å². The number of nitrogens with one attached hydrogen (secondary N) is 1. The van der Waals surface area contributed by atoms with Gasteiger partial charge in [0.05, 0.1) is 5.69 Å². The number of anilines is 1. The molecule has 104 valence electrons. The van der Waals surface area contributed by atoms with Crippen molar-refractivity contribution in [2.24, 2.45) is 0 Å². The Morgan fingerprint density at radius 1 is 1.25 bits per heavy atom. The van der Waals surface area contributed by atoms with Crippen LogP contribution in [0.25, 0.3) is 0 Å². The van der Waals surface area contributed by atoms with E-state index in [1.165, 1.54) is 16.5 Å². The molecule has 1 aliphatic rings. The number of benzene rings is 2. The van der Waals surface area contributed by atoms with Crippen LogP contribution >= 0.6 is 27.7 Å². The van der Waals surface area contributed by atoms with Crippen LogP contribution in [0.5, 0.6) is 0 Å². The van der Waals surface area contributed by atoms with Crippen LogP contribution in [-0.2, 0) is 6.42 Å². The van der Waals surface area contributed by atoms with E-state index in [4.69, 9.17) is 0 Å². The molecule has 2 aromatic carbocycles. The van der Waals surface area contributed by atoms with Crippen LogP contribution in [0.4, 0.5) is 14.5 Å². The molecule has 1 unspecified atom stereocenters. The Kier molecular flexibility index (Phi) is 3.98. The lowest BCUT2D eigenvalue weighted by Gasteiger charge is -2.13. The zero-order chi connectivity index (χ0) is 14.1. The molecule has 1 N–H and O–H groups in total. The third kappa shape index (κ3) is 2.83. The zero-order valence-corrected chi connectivity index (χ0v) is 12.9. The molecule has 3 rings (SSSR count). The smallest absolute Gasteiger partial charge is 0.150 e. The second kappa shape index (κ2) is 5.74. The molecule has 2 aromatic rings. The first-order chi connectivity index (χ1) is 9.63. The van der Waals surface area contributed by atoms with Crippen LogP contribution in [-0.4, -0.2) is 11.8 Å². The van der Waals surface area contributed by atoms with Gasteiger partial charge in [-0.2, -0.15) is 0 Å². The lowest BCUT2D eigenvalue weighted by Crippen LogP contribution is -2.16. The first kappa shape index (κ1) is 13.9. The van der Waals surface area contributed by atoms with Crippen LogP contribution in [0.1, 0.15) is 5.56 Å². The van der Waals surface area contributed by atoms with Gasteiger partial charge in [0.1, 0.15) is 11.6 Å². The molecule has 0 bridgehead atoms. The molecule has 5 heteroatoms. The minimum Gasteiger partial charge on any atom is -0.381 e. The van der Waals surface area contributed by atoms with Crippen LogP contribution in [0, 0.1) is 11.6 Å². The van der Waals surface area contributed by atoms with Crippen molar-refractivity contribution in [3.63, 3.8) is 0 Å². The molecule has 20 heavy (non-hydrogen) atoms. The van der Waals surface area contributed by atoms with Gasteiger partial charge in [-0.1, -0.05) is 18.2 Å². The van der Waals surface area contributed by atoms with Crippen LogP contribution < -0.4 is 5.32 Å². The van der Waals surface area contributed by atoms with Crippen molar-refractivity contribution < 1.29 is 8.78 Å². The molecule has 0 aliphatic carbocycles. The molecular weight excluding hydrogens is 344 g/mol. The fourth-order valence-electron chi connectivity index (χ4n) is 2.29. The van der Waals surface area contributed by atoms with E-state index < -0.39 is 11.6 Å². The van der Waals surface area contributed by atoms with E-state index in [-0.39, 0.29) is 0 Å². The van der Waals surface area contributed by atoms with Crippen molar-refractivity contribution in [1.29, 1.82) is 0 Å². The average molecular weight is 356 g/mol. The Bertz CT molecular complexity index is 600. The second-order valence-corrected chi connectivity index (χ2v) is 6.87. The van der Waals surface area contributed by atoms with E-state index in [0.717, 1.165) is 12.5 Å². The molecule has 0 saturated carbocycles. The molecular formula is C15H12BrF2NS. The van der Waals surface area contributed by atoms with Crippen molar-refractivity contribution in [3.05, 3.63) is 58.1 Å². The second-order valence-electron chi connectivity index (χ2n) is 4.68. The van der Waals surface area contributed by atoms with Gasteiger partial charge in [0.25, 0.3) is 0 Å². The Labute approximate surface area is 128 Å². The quantitative estimate of drug-likeness (QED) is 0.843. The summed E-state index contributed by atoms with van der Waals surface area (Å²) in [6.45, 7) is 0.639. The molecule has 0 saturated heterocycles. The summed E-state index contributed by atoms with van der Waals surface area (Å²) in [4.78, 5) is 1.29. The van der Waals surface area contributed by atoms with Gasteiger partial charge in [0.2, 0.25) is 0 Å². The number of hydrogen-bond acceptors (Lipinski definition) is 2. The van der Waals surface area contributed by atoms with Crippen molar-refractivity contribution in [1.82, 2.24) is 0 Å². The third-order valence-corrected chi connectivity index (χ3v) is 5.17. The maximum atomic E-state index is 13.7. The largest absolute Gasteiger partial charge is 0.381 e. The number of fused-ring (bicyclic) bond motifs is 1. The van der Waals surface area contributed by atoms with Crippen LogP contribution in [0.15, 0.2) is 45.8 Å². The summed E-state index contributed by atoms with van der Waals surface area (Å²) in [5.41, 5.74) is 1.66. The van der Waals surface area contributed by atoms with Gasteiger partial charge in [0.15, 0.2) is 0 Å². The first-order valence-corrected chi connectivity index (χ1v) is 7.94. The fraction of sp³-hybridized carbons (Fsp3) is 0.200. The molecule has 1 atom stereocenters. The van der Waals surface area contributed by atoms with E-state index in [9.17, 15) is 8.78 Å². The highest BCUT2D eigenvalue weighted by atomic mass is 79.9. The number of hydrogen-bond donors (Lipinski definition) is 1. The zero-order valence-electron chi connectivity index (χ0n) is 10.5. The lowest BCUT2D eigenvalue weighted by atomic mass is 10.1. The Hall–Kier alpha value is -1.07. The molecule has 0 spiro atoms. The van der Waals surface area contributed by atoms with Gasteiger partial charge in [-0.3, -0.25) is 0 Å². The highest BCUT2D eigenvalue weighted by molar-refractivity contribution is 9.10. The maximum absolute atomic E-state index is 13.7. The Morgan fingerprint density at radius 3 is 2.80 bits per heavy atom. The third-order valence-electron chi connectivity index (χ3n) is 3.23. The molecule has 0 fully saturated rings. The molecule has 0 amide bonds. The maximum Gasteiger partial charge on any atom is 0.150 e. The van der Waals surface area contributed by atoms with Gasteiger partial charge in [-0.05, 0) is 40.0 Å². The molecule has 0 radical (unpaired) electrons. The van der Waals surface area contributed by atoms with Gasteiger partial charge in [0, 0.05) is 27.2 Å². The predicted molar refractivity (Wildman–Crippen MR) is 82.3 cm³/mol. The topological polar surface area (TPSA) is 12.0 Å². The summed E-state index contributed by atoms with van der Waals surface area (Å²) in [6.07, 6.45) is 0.967. The lowest BCUT2D eigenvalue weighted by molar-refractivity contribution is 0.583. The van der Waals surface area contributed by atoms with Crippen molar-refractivity contribution >= 4 is 33.4 Å². The molecule has 1 nitrogen and oxygen atoms in total. The summed E-state index contributed by atoms with van der Waals surface area (Å²) >= 11 is 4.98. The van der Waals surface area contributed by atoms with E-state index >= 15 is 0 Å². The monoisotopic (exact) mass is 355 g/mol. The summed E-state index contributed by atoms with van der Waals surface area (Å²) in [5, 5.41) is 3.44. The van der Waals surface area contributed by atoms with Crippen molar-refractivity contribution in [2.45, 2.75) is 16.6 Å². The number of rotatable bonds is 3. The molecule has 1 heterocycles. The number of halogens is 3. The Balaban J connectivity index is 1.67. The van der Waals surface area contributed by atoms with Gasteiger partial charge >= 0.3 is 0 Å². The van der Waals surface area contributed by atoms with E-state index in [0.29, 0.717) is 22.0 Å². The normalized spacial score (nSPS) is 17.1. The van der Waals surface area contributed by atoms with Gasteiger partial charge in [-0.15, -0.1) is 11.8 Å². The number of thioether (sulfide) groups is 1. The van der Waals surface area contributed by atoms with Gasteiger partial charge < -0.3 is 5.32 Å². The highest BCUT2D eigenvalue weighted by Gasteiger charge is 2.22. The first-order valence-electron chi connectivity index (χ1n) is 6.26. The SMILES string of the molecule is Fc1cc(F)c(NCC2Cc3ccccc3S2)c(Br)c1. The summed E-state index contributed by atoms with van der Waals surface area (Å²) in [6, 6.07) is 10.4. The fourth-order valence-corrected chi connectivity index (χ4v) is 4.09. The molecule has 1 aliphatic heterocycles. The minimum absolute atomic E-state index is 0.322. The van der Waals surface area contributed by atoms with E-state index in [1.54, 1.807) is 11.8 Å². The van der Waals surface area contributed by atoms with Crippen molar-refractivity contribution in [2.75, 3.05) is 11.9 Å². The van der Waals surface area contributed by atoms with Crippen molar-refractivity contribution in [3.8, 4) is 0 Å². The molecule has 0 aromatic heterocycles. The summed E-state index contributed by atoms with van der Waals surface area (Å²) in [5.74, 6) is -1.15. The average Bonchev–Trinajstić information content (AvgIpc) is 2.80. The predicted octanol–water partition coefficient (Wildman–Crippen LogP) is 4.86. The Morgan fingerprint density at radius 2 is 2.05 bits per heavy atom. The van der Waals surface area contributed by atoms with Gasteiger partial charge in [-0.25, -0.2) is 8.78 Å². The highest BCUT2D eigenvalue weighted by Crippen LogP contribution is 2.37. The van der Waals surface area contributed by atoms with Crippen LogP contribution in [0.2, 0.25) is 0 Å². The minimum atomic E-state index is -0.581. The standard InChI is InChI=1S/C15H12BrF2NS/c16-12-6-10(17)7-13(18)15(12)19-8-11-5-9-3-1-2-4-14(9)20-11/h1-4,6-7,11,19H,5,8H2. The summed E-state index contributed by atoms with van der Waals surface area (Å²) in [7, 11) is 0. The van der Waals surface area contributed by atoms with E-state index in [1.807, 2.05) is 12.1 Å².